The van der Waals surface area contributed by atoms with Crippen molar-refractivity contribution in [1.29, 1.82) is 0 Å². The minimum absolute atomic E-state index is 0.194. The van der Waals surface area contributed by atoms with Crippen molar-refractivity contribution in [3.63, 3.8) is 0 Å². The summed E-state index contributed by atoms with van der Waals surface area (Å²) in [5, 5.41) is 9.81. The molecule has 132 valence electrons. The van der Waals surface area contributed by atoms with E-state index in [9.17, 15) is 14.7 Å². The summed E-state index contributed by atoms with van der Waals surface area (Å²) in [6.07, 6.45) is 1.33. The maximum atomic E-state index is 12.9. The van der Waals surface area contributed by atoms with Crippen molar-refractivity contribution in [3.8, 4) is 0 Å². The van der Waals surface area contributed by atoms with Crippen molar-refractivity contribution in [2.75, 3.05) is 13.1 Å². The molecule has 0 aliphatic carbocycles. The Morgan fingerprint density at radius 1 is 1.20 bits per heavy atom. The van der Waals surface area contributed by atoms with Crippen LogP contribution in [0.4, 0.5) is 0 Å². The zero-order valence-corrected chi connectivity index (χ0v) is 14.4. The quantitative estimate of drug-likeness (QED) is 0.855. The van der Waals surface area contributed by atoms with Crippen LogP contribution < -0.4 is 0 Å². The SMILES string of the molecule is O=C(O)CC1C(=O)N(Cc2ccccc2Cl)CCN1Cc1ccco1. The molecule has 1 aromatic carbocycles. The normalized spacial score (nSPS) is 18.5. The highest BCUT2D eigenvalue weighted by Gasteiger charge is 2.36. The van der Waals surface area contributed by atoms with Crippen molar-refractivity contribution in [1.82, 2.24) is 9.80 Å². The van der Waals surface area contributed by atoms with Gasteiger partial charge in [-0.1, -0.05) is 29.8 Å². The molecule has 1 aliphatic rings. The van der Waals surface area contributed by atoms with Crippen molar-refractivity contribution in [2.24, 2.45) is 0 Å². The molecule has 25 heavy (non-hydrogen) atoms. The number of carbonyl (C=O) groups excluding carboxylic acids is 1. The first-order valence-electron chi connectivity index (χ1n) is 8.05. The molecule has 1 aromatic heterocycles. The Morgan fingerprint density at radius 2 is 2.00 bits per heavy atom. The second kappa shape index (κ2) is 7.72. The number of carboxylic acid groups (broad SMARTS) is 1. The van der Waals surface area contributed by atoms with Gasteiger partial charge in [0.25, 0.3) is 0 Å². The number of amides is 1. The summed E-state index contributed by atoms with van der Waals surface area (Å²) in [6.45, 7) is 1.88. The van der Waals surface area contributed by atoms with E-state index in [-0.39, 0.29) is 12.3 Å². The summed E-state index contributed by atoms with van der Waals surface area (Å²) in [7, 11) is 0. The van der Waals surface area contributed by atoms with E-state index in [0.29, 0.717) is 37.0 Å². The first kappa shape index (κ1) is 17.5. The number of nitrogens with zero attached hydrogens (tertiary/aromatic N) is 2. The number of hydrogen-bond donors (Lipinski definition) is 1. The Labute approximate surface area is 150 Å². The average Bonchev–Trinajstić information content (AvgIpc) is 3.08. The second-order valence-corrected chi connectivity index (χ2v) is 6.42. The van der Waals surface area contributed by atoms with Crippen LogP contribution in [0.3, 0.4) is 0 Å². The van der Waals surface area contributed by atoms with Crippen LogP contribution in [0.1, 0.15) is 17.7 Å². The van der Waals surface area contributed by atoms with Gasteiger partial charge in [-0.3, -0.25) is 14.5 Å². The van der Waals surface area contributed by atoms with Gasteiger partial charge < -0.3 is 14.4 Å². The molecular weight excluding hydrogens is 344 g/mol. The molecule has 1 aliphatic heterocycles. The van der Waals surface area contributed by atoms with E-state index in [1.807, 2.05) is 29.2 Å². The fraction of sp³-hybridized carbons (Fsp3) is 0.333. The lowest BCUT2D eigenvalue weighted by atomic mass is 10.1. The fourth-order valence-electron chi connectivity index (χ4n) is 3.05. The molecule has 1 fully saturated rings. The minimum atomic E-state index is -0.998. The number of furan rings is 1. The Hall–Kier alpha value is -2.31. The van der Waals surface area contributed by atoms with Crippen LogP contribution in [0.5, 0.6) is 0 Å². The third-order valence-corrected chi connectivity index (χ3v) is 4.69. The van der Waals surface area contributed by atoms with E-state index in [4.69, 9.17) is 16.0 Å². The Bertz CT molecular complexity index is 747. The molecule has 0 bridgehead atoms. The number of benzene rings is 1. The van der Waals surface area contributed by atoms with Gasteiger partial charge in [0, 0.05) is 24.7 Å². The van der Waals surface area contributed by atoms with Crippen LogP contribution in [-0.4, -0.2) is 45.9 Å². The van der Waals surface area contributed by atoms with Gasteiger partial charge in [-0.15, -0.1) is 0 Å². The molecule has 1 amide bonds. The molecule has 6 nitrogen and oxygen atoms in total. The van der Waals surface area contributed by atoms with Crippen molar-refractivity contribution >= 4 is 23.5 Å². The van der Waals surface area contributed by atoms with Crippen molar-refractivity contribution in [2.45, 2.75) is 25.6 Å². The Morgan fingerprint density at radius 3 is 2.68 bits per heavy atom. The average molecular weight is 363 g/mol. The molecule has 2 heterocycles. The van der Waals surface area contributed by atoms with Crippen LogP contribution >= 0.6 is 11.6 Å². The number of rotatable bonds is 6. The van der Waals surface area contributed by atoms with E-state index in [2.05, 4.69) is 0 Å². The Balaban J connectivity index is 1.75. The van der Waals surface area contributed by atoms with E-state index < -0.39 is 12.0 Å². The summed E-state index contributed by atoms with van der Waals surface area (Å²) in [4.78, 5) is 27.6. The van der Waals surface area contributed by atoms with Gasteiger partial charge in [-0.2, -0.15) is 0 Å². The van der Waals surface area contributed by atoms with E-state index in [0.717, 1.165) is 5.56 Å². The monoisotopic (exact) mass is 362 g/mol. The van der Waals surface area contributed by atoms with Crippen molar-refractivity contribution in [3.05, 3.63) is 59.0 Å². The fourth-order valence-corrected chi connectivity index (χ4v) is 3.24. The lowest BCUT2D eigenvalue weighted by Crippen LogP contribution is -2.56. The van der Waals surface area contributed by atoms with E-state index in [1.54, 1.807) is 23.3 Å². The molecule has 0 saturated carbocycles. The molecule has 7 heteroatoms. The van der Waals surface area contributed by atoms with Gasteiger partial charge in [0.2, 0.25) is 5.91 Å². The lowest BCUT2D eigenvalue weighted by molar-refractivity contribution is -0.150. The number of carbonyl (C=O) groups is 2. The topological polar surface area (TPSA) is 74.0 Å². The molecule has 2 aromatic rings. The predicted molar refractivity (Wildman–Crippen MR) is 92.0 cm³/mol. The largest absolute Gasteiger partial charge is 0.481 e. The second-order valence-electron chi connectivity index (χ2n) is 6.01. The third-order valence-electron chi connectivity index (χ3n) is 4.32. The van der Waals surface area contributed by atoms with Crippen LogP contribution in [0.2, 0.25) is 5.02 Å². The summed E-state index contributed by atoms with van der Waals surface area (Å²) in [5.74, 6) is -0.481. The van der Waals surface area contributed by atoms with Crippen molar-refractivity contribution < 1.29 is 19.1 Å². The lowest BCUT2D eigenvalue weighted by Gasteiger charge is -2.39. The smallest absolute Gasteiger partial charge is 0.305 e. The highest BCUT2D eigenvalue weighted by atomic mass is 35.5. The molecule has 1 saturated heterocycles. The first-order chi connectivity index (χ1) is 12.0. The van der Waals surface area contributed by atoms with Gasteiger partial charge >= 0.3 is 5.97 Å². The molecule has 0 spiro atoms. The van der Waals surface area contributed by atoms with E-state index in [1.165, 1.54) is 0 Å². The third kappa shape index (κ3) is 4.21. The number of carboxylic acids is 1. The molecule has 1 unspecified atom stereocenters. The summed E-state index contributed by atoms with van der Waals surface area (Å²) >= 11 is 6.18. The van der Waals surface area contributed by atoms with Gasteiger partial charge in [-0.25, -0.2) is 0 Å². The van der Waals surface area contributed by atoms with Gasteiger partial charge in [0.15, 0.2) is 0 Å². The zero-order chi connectivity index (χ0) is 17.8. The number of hydrogen-bond acceptors (Lipinski definition) is 4. The number of halogens is 1. The van der Waals surface area contributed by atoms with Crippen LogP contribution in [0.15, 0.2) is 47.1 Å². The number of piperazine rings is 1. The van der Waals surface area contributed by atoms with Crippen LogP contribution in [0, 0.1) is 0 Å². The van der Waals surface area contributed by atoms with Gasteiger partial charge in [0.1, 0.15) is 11.8 Å². The standard InChI is InChI=1S/C18H19ClN2O4/c19-15-6-2-1-4-13(15)11-21-8-7-20(12-14-5-3-9-25-14)16(18(21)24)10-17(22)23/h1-6,9,16H,7-8,10-12H2,(H,22,23). The van der Waals surface area contributed by atoms with Crippen LogP contribution in [0.25, 0.3) is 0 Å². The highest BCUT2D eigenvalue weighted by molar-refractivity contribution is 6.31. The number of aliphatic carboxylic acids is 1. The highest BCUT2D eigenvalue weighted by Crippen LogP contribution is 2.22. The minimum Gasteiger partial charge on any atom is -0.481 e. The molecule has 1 N–H and O–H groups in total. The predicted octanol–water partition coefficient (Wildman–Crippen LogP) is 2.62. The summed E-state index contributed by atoms with van der Waals surface area (Å²) in [5.41, 5.74) is 0.853. The van der Waals surface area contributed by atoms with Crippen LogP contribution in [-0.2, 0) is 22.7 Å². The summed E-state index contributed by atoms with van der Waals surface area (Å²) < 4.78 is 5.33. The molecule has 3 rings (SSSR count). The zero-order valence-electron chi connectivity index (χ0n) is 13.6. The molecule has 0 radical (unpaired) electrons. The first-order valence-corrected chi connectivity index (χ1v) is 8.43. The molecular formula is C18H19ClN2O4. The molecule has 1 atom stereocenters. The Kier molecular flexibility index (Phi) is 5.40. The van der Waals surface area contributed by atoms with Gasteiger partial charge in [-0.05, 0) is 23.8 Å². The maximum Gasteiger partial charge on any atom is 0.305 e. The maximum absolute atomic E-state index is 12.9. The summed E-state index contributed by atoms with van der Waals surface area (Å²) in [6, 6.07) is 10.2. The van der Waals surface area contributed by atoms with E-state index >= 15 is 0 Å². The van der Waals surface area contributed by atoms with Gasteiger partial charge in [0.05, 0.1) is 19.2 Å².